The lowest BCUT2D eigenvalue weighted by Crippen LogP contribution is -1.97. The van der Waals surface area contributed by atoms with Crippen LogP contribution in [0.1, 0.15) is 11.3 Å². The molecule has 0 aliphatic carbocycles. The van der Waals surface area contributed by atoms with Crippen molar-refractivity contribution in [3.8, 4) is 5.69 Å². The first-order valence-corrected chi connectivity index (χ1v) is 9.35. The summed E-state index contributed by atoms with van der Waals surface area (Å²) in [4.78, 5) is 4.48. The van der Waals surface area contributed by atoms with Gasteiger partial charge in [0.15, 0.2) is 0 Å². The van der Waals surface area contributed by atoms with Gasteiger partial charge >= 0.3 is 0 Å². The van der Waals surface area contributed by atoms with Crippen LogP contribution in [0.4, 0.5) is 5.13 Å². The van der Waals surface area contributed by atoms with Crippen molar-refractivity contribution in [3.63, 3.8) is 0 Å². The molecule has 1 N–H and O–H groups in total. The van der Waals surface area contributed by atoms with E-state index in [2.05, 4.69) is 20.6 Å². The molecule has 0 radical (unpaired) electrons. The molecule has 130 valence electrons. The Morgan fingerprint density at radius 2 is 1.88 bits per heavy atom. The Morgan fingerprint density at radius 1 is 1.12 bits per heavy atom. The second-order valence-corrected chi connectivity index (χ2v) is 7.31. The summed E-state index contributed by atoms with van der Waals surface area (Å²) in [5.41, 5.74) is 6.09. The standard InChI is InChI=1S/C18H13Cl2N5S/c1-11-12(17(20)25(24-11)15-8-4-2-6-13(15)19)10-21-23-18-22-14-7-3-5-9-16(14)26-18/h2-10H,1H3,(H,22,23)/b21-10+. The summed E-state index contributed by atoms with van der Waals surface area (Å²) in [5.74, 6) is 0. The smallest absolute Gasteiger partial charge is 0.204 e. The number of aromatic nitrogens is 3. The van der Waals surface area contributed by atoms with E-state index in [0.29, 0.717) is 10.2 Å². The largest absolute Gasteiger partial charge is 0.253 e. The molecule has 0 atom stereocenters. The fourth-order valence-corrected chi connectivity index (χ4v) is 3.86. The van der Waals surface area contributed by atoms with Crippen LogP contribution < -0.4 is 5.43 Å². The maximum absolute atomic E-state index is 6.49. The number of rotatable bonds is 4. The van der Waals surface area contributed by atoms with E-state index in [0.717, 1.165) is 32.3 Å². The molecule has 4 aromatic rings. The minimum atomic E-state index is 0.449. The Kier molecular flexibility index (Phi) is 4.63. The lowest BCUT2D eigenvalue weighted by Gasteiger charge is -2.04. The monoisotopic (exact) mass is 401 g/mol. The van der Waals surface area contributed by atoms with Crippen molar-refractivity contribution >= 4 is 56.1 Å². The third-order valence-electron chi connectivity index (χ3n) is 3.78. The number of nitrogens with one attached hydrogen (secondary N) is 1. The zero-order chi connectivity index (χ0) is 18.1. The summed E-state index contributed by atoms with van der Waals surface area (Å²) in [5, 5.41) is 10.5. The Bertz CT molecular complexity index is 1080. The van der Waals surface area contributed by atoms with Crippen LogP contribution >= 0.6 is 34.5 Å². The van der Waals surface area contributed by atoms with Gasteiger partial charge in [-0.15, -0.1) is 0 Å². The highest BCUT2D eigenvalue weighted by atomic mass is 35.5. The second kappa shape index (κ2) is 7.07. The number of hydrogen-bond donors (Lipinski definition) is 1. The highest BCUT2D eigenvalue weighted by molar-refractivity contribution is 7.22. The van der Waals surface area contributed by atoms with Crippen molar-refractivity contribution in [2.24, 2.45) is 5.10 Å². The first kappa shape index (κ1) is 17.0. The maximum Gasteiger partial charge on any atom is 0.204 e. The molecule has 0 saturated carbocycles. The van der Waals surface area contributed by atoms with Crippen LogP contribution in [0, 0.1) is 6.92 Å². The number of nitrogens with zero attached hydrogens (tertiary/aromatic N) is 4. The second-order valence-electron chi connectivity index (χ2n) is 5.51. The van der Waals surface area contributed by atoms with Crippen LogP contribution in [-0.4, -0.2) is 21.0 Å². The highest BCUT2D eigenvalue weighted by Crippen LogP contribution is 2.27. The number of fused-ring (bicyclic) bond motifs is 1. The Morgan fingerprint density at radius 3 is 2.69 bits per heavy atom. The summed E-state index contributed by atoms with van der Waals surface area (Å²) in [7, 11) is 0. The van der Waals surface area contributed by atoms with Gasteiger partial charge in [-0.3, -0.25) is 5.43 Å². The van der Waals surface area contributed by atoms with E-state index in [9.17, 15) is 0 Å². The van der Waals surface area contributed by atoms with E-state index in [-0.39, 0.29) is 0 Å². The molecule has 0 aliphatic heterocycles. The van der Waals surface area contributed by atoms with Gasteiger partial charge in [-0.05, 0) is 31.2 Å². The van der Waals surface area contributed by atoms with Crippen LogP contribution in [0.25, 0.3) is 15.9 Å². The summed E-state index contributed by atoms with van der Waals surface area (Å²) < 4.78 is 2.71. The average Bonchev–Trinajstić information content (AvgIpc) is 3.17. The van der Waals surface area contributed by atoms with Gasteiger partial charge in [-0.25, -0.2) is 9.67 Å². The van der Waals surface area contributed by atoms with Crippen molar-refractivity contribution in [3.05, 3.63) is 70.0 Å². The SMILES string of the molecule is Cc1nn(-c2ccccc2Cl)c(Cl)c1/C=N/Nc1nc2ccccc2s1. The quantitative estimate of drug-likeness (QED) is 0.360. The molecular formula is C18H13Cl2N5S. The van der Waals surface area contributed by atoms with Gasteiger partial charge in [0.25, 0.3) is 0 Å². The molecule has 2 aromatic carbocycles. The highest BCUT2D eigenvalue weighted by Gasteiger charge is 2.15. The van der Waals surface area contributed by atoms with E-state index in [4.69, 9.17) is 23.2 Å². The van der Waals surface area contributed by atoms with Gasteiger partial charge in [-0.1, -0.05) is 58.8 Å². The van der Waals surface area contributed by atoms with Crippen molar-refractivity contribution in [1.29, 1.82) is 0 Å². The molecule has 0 unspecified atom stereocenters. The fraction of sp³-hybridized carbons (Fsp3) is 0.0556. The lowest BCUT2D eigenvalue weighted by atomic mass is 10.3. The number of hydrogen-bond acceptors (Lipinski definition) is 5. The average molecular weight is 402 g/mol. The summed E-state index contributed by atoms with van der Waals surface area (Å²) in [6.45, 7) is 1.87. The van der Waals surface area contributed by atoms with Gasteiger partial charge in [0.2, 0.25) is 5.13 Å². The molecule has 8 heteroatoms. The van der Waals surface area contributed by atoms with Crippen LogP contribution in [0.15, 0.2) is 53.6 Å². The minimum Gasteiger partial charge on any atom is -0.253 e. The Hall–Kier alpha value is -2.41. The molecule has 26 heavy (non-hydrogen) atoms. The van der Waals surface area contributed by atoms with E-state index >= 15 is 0 Å². The third-order valence-corrected chi connectivity index (χ3v) is 5.40. The third kappa shape index (κ3) is 3.19. The van der Waals surface area contributed by atoms with Crippen LogP contribution in [0.2, 0.25) is 10.2 Å². The molecule has 5 nitrogen and oxygen atoms in total. The van der Waals surface area contributed by atoms with Gasteiger partial charge < -0.3 is 0 Å². The van der Waals surface area contributed by atoms with Crippen molar-refractivity contribution in [1.82, 2.24) is 14.8 Å². The summed E-state index contributed by atoms with van der Waals surface area (Å²) >= 11 is 14.3. The van der Waals surface area contributed by atoms with Gasteiger partial charge in [-0.2, -0.15) is 10.2 Å². The first-order valence-electron chi connectivity index (χ1n) is 7.78. The number of halogens is 2. The molecule has 0 aliphatic rings. The number of benzene rings is 2. The maximum atomic E-state index is 6.49. The molecule has 0 bridgehead atoms. The molecule has 2 aromatic heterocycles. The van der Waals surface area contributed by atoms with Crippen molar-refractivity contribution in [2.45, 2.75) is 6.92 Å². The lowest BCUT2D eigenvalue weighted by molar-refractivity contribution is 0.863. The molecule has 0 spiro atoms. The number of thiazole rings is 1. The minimum absolute atomic E-state index is 0.449. The van der Waals surface area contributed by atoms with Crippen LogP contribution in [-0.2, 0) is 0 Å². The van der Waals surface area contributed by atoms with Crippen molar-refractivity contribution < 1.29 is 0 Å². The number of anilines is 1. The van der Waals surface area contributed by atoms with Gasteiger partial charge in [0.1, 0.15) is 5.15 Å². The summed E-state index contributed by atoms with van der Waals surface area (Å²) in [6.07, 6.45) is 1.64. The zero-order valence-electron chi connectivity index (χ0n) is 13.6. The molecule has 0 saturated heterocycles. The van der Waals surface area contributed by atoms with E-state index < -0.39 is 0 Å². The molecule has 4 rings (SSSR count). The molecular weight excluding hydrogens is 389 g/mol. The first-order chi connectivity index (χ1) is 12.6. The Balaban J connectivity index is 1.60. The van der Waals surface area contributed by atoms with E-state index in [1.807, 2.05) is 49.4 Å². The molecule has 0 amide bonds. The summed E-state index contributed by atoms with van der Waals surface area (Å²) in [6, 6.07) is 15.3. The predicted molar refractivity (Wildman–Crippen MR) is 109 cm³/mol. The molecule has 2 heterocycles. The number of aryl methyl sites for hydroxylation is 1. The predicted octanol–water partition coefficient (Wildman–Crippen LogP) is 5.54. The number of hydrazone groups is 1. The normalized spacial score (nSPS) is 11.5. The topological polar surface area (TPSA) is 55.1 Å². The van der Waals surface area contributed by atoms with E-state index in [1.54, 1.807) is 17.0 Å². The van der Waals surface area contributed by atoms with Crippen LogP contribution in [0.3, 0.4) is 0 Å². The van der Waals surface area contributed by atoms with Gasteiger partial charge in [0.05, 0.1) is 38.4 Å². The fourth-order valence-electron chi connectivity index (χ4n) is 2.51. The van der Waals surface area contributed by atoms with E-state index in [1.165, 1.54) is 11.3 Å². The van der Waals surface area contributed by atoms with Crippen molar-refractivity contribution in [2.75, 3.05) is 5.43 Å². The zero-order valence-corrected chi connectivity index (χ0v) is 16.0. The van der Waals surface area contributed by atoms with Crippen LogP contribution in [0.5, 0.6) is 0 Å². The van der Waals surface area contributed by atoms with Gasteiger partial charge in [0, 0.05) is 0 Å². The Labute approximate surface area is 163 Å². The number of para-hydroxylation sites is 2. The molecule has 0 fully saturated rings.